The van der Waals surface area contributed by atoms with Gasteiger partial charge in [-0.15, -0.1) is 11.8 Å². The molecule has 1 amide bonds. The van der Waals surface area contributed by atoms with Crippen molar-refractivity contribution in [1.29, 1.82) is 0 Å². The first kappa shape index (κ1) is 38.6. The summed E-state index contributed by atoms with van der Waals surface area (Å²) in [5, 5.41) is 28.2. The van der Waals surface area contributed by atoms with E-state index in [0.29, 0.717) is 41.0 Å². The van der Waals surface area contributed by atoms with Gasteiger partial charge in [0.05, 0.1) is 34.7 Å². The topological polar surface area (TPSA) is 126 Å². The lowest BCUT2D eigenvalue weighted by Gasteiger charge is -2.60. The third-order valence-corrected chi connectivity index (χ3v) is 14.1. The van der Waals surface area contributed by atoms with Crippen molar-refractivity contribution in [2.75, 3.05) is 18.5 Å². The number of fused-ring (bicyclic) bond motifs is 4. The molecule has 296 valence electrons. The molecule has 1 spiro atoms. The van der Waals surface area contributed by atoms with Crippen LogP contribution < -0.4 is 20.1 Å². The van der Waals surface area contributed by atoms with Gasteiger partial charge in [-0.25, -0.2) is 0 Å². The summed E-state index contributed by atoms with van der Waals surface area (Å²) < 4.78 is 21.9. The van der Waals surface area contributed by atoms with Gasteiger partial charge in [0.1, 0.15) is 22.8 Å². The number of aliphatic hydroxyl groups excluding tert-OH is 1. The van der Waals surface area contributed by atoms with Gasteiger partial charge >= 0.3 is 0 Å². The lowest BCUT2D eigenvalue weighted by Crippen LogP contribution is -2.75. The number of phenolic OH excluding ortho intramolecular Hbond substituents is 1. The monoisotopic (exact) mass is 778 g/mol. The molecule has 10 heteroatoms. The molecule has 3 aliphatic carbocycles. The Hall–Kier alpha value is -4.25. The molecule has 2 aromatic carbocycles. The summed E-state index contributed by atoms with van der Waals surface area (Å²) in [5.41, 5.74) is 3.14. The molecular weight excluding hydrogens is 725 g/mol. The van der Waals surface area contributed by atoms with E-state index in [0.717, 1.165) is 45.8 Å². The number of rotatable bonds is 10. The van der Waals surface area contributed by atoms with Crippen LogP contribution in [0.3, 0.4) is 0 Å². The number of anilines is 1. The van der Waals surface area contributed by atoms with Crippen LogP contribution in [-0.4, -0.2) is 62.7 Å². The Kier molecular flexibility index (Phi) is 9.45. The minimum Gasteiger partial charge on any atom is -0.506 e. The van der Waals surface area contributed by atoms with E-state index in [1.807, 2.05) is 38.1 Å². The molecule has 4 bridgehead atoms. The summed E-state index contributed by atoms with van der Waals surface area (Å²) in [5.74, 6) is 0.151. The fourth-order valence-electron chi connectivity index (χ4n) is 10.0. The number of carbonyl (C=O) groups excluding carboxylic acids is 2. The van der Waals surface area contributed by atoms with E-state index in [9.17, 15) is 15.0 Å². The zero-order valence-electron chi connectivity index (χ0n) is 33.7. The molecule has 2 aromatic rings. The lowest BCUT2D eigenvalue weighted by atomic mass is 9.49. The molecule has 4 aliphatic heterocycles. The summed E-state index contributed by atoms with van der Waals surface area (Å²) >= 11 is 1.67. The normalized spacial score (nSPS) is 29.8. The quantitative estimate of drug-likeness (QED) is 0.139. The smallest absolute Gasteiger partial charge is 0.246 e. The highest BCUT2D eigenvalue weighted by Crippen LogP contribution is 2.73. The number of aliphatic hydroxyl groups is 1. The number of nitrogens with one attached hydrogen (secondary N) is 2. The third-order valence-electron chi connectivity index (χ3n) is 12.6. The Balaban J connectivity index is 1.40. The zero-order valence-corrected chi connectivity index (χ0v) is 34.5. The predicted octanol–water partition coefficient (Wildman–Crippen LogP) is 8.45. The summed E-state index contributed by atoms with van der Waals surface area (Å²) in [6.45, 7) is 16.2. The Morgan fingerprint density at radius 3 is 2.52 bits per heavy atom. The van der Waals surface area contributed by atoms with Gasteiger partial charge in [0.25, 0.3) is 0 Å². The van der Waals surface area contributed by atoms with Crippen molar-refractivity contribution in [1.82, 2.24) is 5.32 Å². The largest absolute Gasteiger partial charge is 0.506 e. The minimum absolute atomic E-state index is 0.0263. The summed E-state index contributed by atoms with van der Waals surface area (Å²) in [6, 6.07) is 8.12. The standard InChI is InChI=1S/C46H54N2O7S/c1-25(2)12-11-19-44(8)20-18-28-37(50)34-36-35-40(56-32-14-10-9-13-31(32)48-36)30-24-33-43(6,7)55-45(41(30)51,21-17-27(5)42(52)47-22-23-49)46(33,35)54-39(34)29(38(28)53-44)16-15-26(3)4/h9-10,12-15,17-18,20,30,33,40,48-50H,11,16,19,21-24H2,1-8H3,(H,47,52)/b27-17-. The van der Waals surface area contributed by atoms with Gasteiger partial charge in [-0.05, 0) is 105 Å². The number of allylic oxidation sites excluding steroid dienone is 4. The van der Waals surface area contributed by atoms with Gasteiger partial charge < -0.3 is 35.1 Å². The van der Waals surface area contributed by atoms with Crippen molar-refractivity contribution < 1.29 is 34.0 Å². The molecule has 4 N–H and O–H groups in total. The second kappa shape index (κ2) is 13.7. The molecular formula is C46H54N2O7S. The van der Waals surface area contributed by atoms with Gasteiger partial charge in [0, 0.05) is 51.7 Å². The average Bonchev–Trinajstić information content (AvgIpc) is 3.23. The Morgan fingerprint density at radius 1 is 1.04 bits per heavy atom. The van der Waals surface area contributed by atoms with E-state index in [4.69, 9.17) is 14.2 Å². The van der Waals surface area contributed by atoms with Crippen molar-refractivity contribution in [3.05, 3.63) is 87.6 Å². The summed E-state index contributed by atoms with van der Waals surface area (Å²) in [4.78, 5) is 29.5. The Morgan fingerprint density at radius 2 is 1.79 bits per heavy atom. The average molecular weight is 779 g/mol. The number of amides is 1. The number of carbonyl (C=O) groups is 2. The number of Topliss-reactive ketones (excluding diaryl/α,β-unsaturated/α-hetero) is 1. The van der Waals surface area contributed by atoms with Gasteiger partial charge in [0.2, 0.25) is 5.91 Å². The van der Waals surface area contributed by atoms with Gasteiger partial charge in [-0.2, -0.15) is 0 Å². The van der Waals surface area contributed by atoms with E-state index in [1.165, 1.54) is 5.57 Å². The van der Waals surface area contributed by atoms with Gasteiger partial charge in [-0.1, -0.05) is 41.5 Å². The molecule has 9 nitrogen and oxygen atoms in total. The first-order valence-electron chi connectivity index (χ1n) is 19.9. The minimum atomic E-state index is -1.48. The predicted molar refractivity (Wildman–Crippen MR) is 221 cm³/mol. The highest BCUT2D eigenvalue weighted by atomic mass is 32.2. The Bertz CT molecular complexity index is 2190. The SMILES string of the molecule is CC(C)=CCCC1(C)C=Cc2c(O)c3c(c(CC=C(C)C)c2O1)OC12C4=C3Nc3ccccc3SC4C3CC1C(C)(C)OC2(C/C=C(/C)C(=O)NCCO)C3=O. The number of aromatic hydroxyl groups is 1. The molecule has 7 aliphatic rings. The van der Waals surface area contributed by atoms with Crippen LogP contribution in [0.25, 0.3) is 11.8 Å². The molecule has 6 unspecified atom stereocenters. The van der Waals surface area contributed by atoms with E-state index >= 15 is 4.79 Å². The fraction of sp³-hybridized carbons (Fsp3) is 0.478. The maximum atomic E-state index is 15.4. The van der Waals surface area contributed by atoms with Crippen molar-refractivity contribution in [3.63, 3.8) is 0 Å². The van der Waals surface area contributed by atoms with Crippen molar-refractivity contribution >= 4 is 40.9 Å². The number of hydrogen-bond donors (Lipinski definition) is 4. The van der Waals surface area contributed by atoms with Crippen LogP contribution in [0.5, 0.6) is 17.2 Å². The van der Waals surface area contributed by atoms with Crippen LogP contribution in [-0.2, 0) is 20.7 Å². The number of phenols is 1. The molecule has 1 saturated heterocycles. The molecule has 9 rings (SSSR count). The number of benzene rings is 2. The number of ether oxygens (including phenoxy) is 3. The van der Waals surface area contributed by atoms with Crippen molar-refractivity contribution in [2.45, 2.75) is 120 Å². The van der Waals surface area contributed by atoms with Crippen LogP contribution in [0.4, 0.5) is 5.69 Å². The molecule has 56 heavy (non-hydrogen) atoms. The Labute approximate surface area is 334 Å². The van der Waals surface area contributed by atoms with Crippen LogP contribution >= 0.6 is 11.8 Å². The second-order valence-corrected chi connectivity index (χ2v) is 18.7. The highest BCUT2D eigenvalue weighted by molar-refractivity contribution is 8.00. The number of thioether (sulfide) groups is 1. The first-order valence-corrected chi connectivity index (χ1v) is 20.8. The van der Waals surface area contributed by atoms with Crippen molar-refractivity contribution in [3.8, 4) is 17.2 Å². The van der Waals surface area contributed by atoms with Gasteiger partial charge in [-0.3, -0.25) is 9.59 Å². The first-order chi connectivity index (χ1) is 26.6. The van der Waals surface area contributed by atoms with Crippen LogP contribution in [0.1, 0.15) is 97.8 Å². The maximum absolute atomic E-state index is 15.4. The third kappa shape index (κ3) is 5.72. The molecule has 3 saturated carbocycles. The van der Waals surface area contributed by atoms with E-state index in [1.54, 1.807) is 24.8 Å². The zero-order chi connectivity index (χ0) is 39.9. The molecule has 4 fully saturated rings. The molecule has 4 heterocycles. The number of para-hydroxylation sites is 1. The summed E-state index contributed by atoms with van der Waals surface area (Å²) in [7, 11) is 0. The van der Waals surface area contributed by atoms with Gasteiger partial charge in [0.15, 0.2) is 17.0 Å². The number of hydrogen-bond acceptors (Lipinski definition) is 9. The second-order valence-electron chi connectivity index (χ2n) is 17.5. The number of ketones is 1. The van der Waals surface area contributed by atoms with E-state index < -0.39 is 28.3 Å². The van der Waals surface area contributed by atoms with Crippen LogP contribution in [0, 0.1) is 11.8 Å². The fourth-order valence-corrected chi connectivity index (χ4v) is 11.5. The molecule has 6 atom stereocenters. The van der Waals surface area contributed by atoms with Crippen LogP contribution in [0.2, 0.25) is 0 Å². The summed E-state index contributed by atoms with van der Waals surface area (Å²) in [6.07, 6.45) is 12.9. The molecule has 0 aromatic heterocycles. The van der Waals surface area contributed by atoms with E-state index in [2.05, 4.69) is 69.5 Å². The molecule has 0 radical (unpaired) electrons. The lowest BCUT2D eigenvalue weighted by molar-refractivity contribution is -0.176. The van der Waals surface area contributed by atoms with E-state index in [-0.39, 0.29) is 48.2 Å². The van der Waals surface area contributed by atoms with Crippen LogP contribution in [0.15, 0.2) is 75.8 Å². The van der Waals surface area contributed by atoms with Crippen molar-refractivity contribution in [2.24, 2.45) is 11.8 Å². The highest BCUT2D eigenvalue weighted by Gasteiger charge is 2.83. The maximum Gasteiger partial charge on any atom is 0.246 e.